The first-order valence-electron chi connectivity index (χ1n) is 7.96. The van der Waals surface area contributed by atoms with Crippen LogP contribution < -0.4 is 0 Å². The summed E-state index contributed by atoms with van der Waals surface area (Å²) in [5.41, 5.74) is 0.427. The molecule has 0 N–H and O–H groups in total. The Kier molecular flexibility index (Phi) is 4.39. The minimum Gasteiger partial charge on any atom is -0.375 e. The topological polar surface area (TPSA) is 26.3 Å². The summed E-state index contributed by atoms with van der Waals surface area (Å²) in [6, 6.07) is 0. The van der Waals surface area contributed by atoms with Gasteiger partial charge in [0.2, 0.25) is 0 Å². The van der Waals surface area contributed by atoms with E-state index in [0.717, 1.165) is 32.3 Å². The lowest BCUT2D eigenvalue weighted by Gasteiger charge is -2.47. The van der Waals surface area contributed by atoms with Gasteiger partial charge in [-0.25, -0.2) is 0 Å². The van der Waals surface area contributed by atoms with Gasteiger partial charge in [0, 0.05) is 18.9 Å². The van der Waals surface area contributed by atoms with Gasteiger partial charge in [0.05, 0.1) is 5.60 Å². The van der Waals surface area contributed by atoms with E-state index in [2.05, 4.69) is 27.7 Å². The number of hydrogen-bond acceptors (Lipinski definition) is 2. The lowest BCUT2D eigenvalue weighted by Crippen LogP contribution is -2.47. The van der Waals surface area contributed by atoms with Gasteiger partial charge < -0.3 is 4.74 Å². The van der Waals surface area contributed by atoms with E-state index in [1.807, 2.05) is 0 Å². The highest BCUT2D eigenvalue weighted by Gasteiger charge is 2.44. The molecule has 0 aromatic heterocycles. The molecule has 1 aliphatic heterocycles. The maximum Gasteiger partial charge on any atom is 0.136 e. The third-order valence-electron chi connectivity index (χ3n) is 4.72. The van der Waals surface area contributed by atoms with E-state index >= 15 is 0 Å². The second kappa shape index (κ2) is 5.55. The third-order valence-corrected chi connectivity index (χ3v) is 4.72. The SMILES string of the molecule is CC(CC(=O)C1CCOC2(CCC2)C1)CC(C)(C)C. The molecule has 2 nitrogen and oxygen atoms in total. The van der Waals surface area contributed by atoms with Crippen LogP contribution in [0.5, 0.6) is 0 Å². The van der Waals surface area contributed by atoms with Crippen molar-refractivity contribution < 1.29 is 9.53 Å². The number of ketones is 1. The van der Waals surface area contributed by atoms with Gasteiger partial charge in [0.15, 0.2) is 0 Å². The standard InChI is InChI=1S/C17H30O2/c1-13(11-16(2,3)4)10-15(18)14-6-9-19-17(12-14)7-5-8-17/h13-14H,5-12H2,1-4H3. The molecule has 0 bridgehead atoms. The molecule has 1 spiro atoms. The Bertz CT molecular complexity index is 323. The van der Waals surface area contributed by atoms with Gasteiger partial charge in [-0.15, -0.1) is 0 Å². The summed E-state index contributed by atoms with van der Waals surface area (Å²) in [6.45, 7) is 9.79. The first-order chi connectivity index (χ1) is 8.80. The van der Waals surface area contributed by atoms with E-state index < -0.39 is 0 Å². The molecule has 0 aromatic carbocycles. The third kappa shape index (κ3) is 4.05. The van der Waals surface area contributed by atoms with E-state index in [0.29, 0.717) is 17.1 Å². The first-order valence-corrected chi connectivity index (χ1v) is 7.96. The summed E-state index contributed by atoms with van der Waals surface area (Å²) in [5, 5.41) is 0. The van der Waals surface area contributed by atoms with Crippen molar-refractivity contribution in [3.05, 3.63) is 0 Å². The maximum atomic E-state index is 12.5. The number of hydrogen-bond donors (Lipinski definition) is 0. The van der Waals surface area contributed by atoms with E-state index in [4.69, 9.17) is 4.74 Å². The average Bonchev–Trinajstić information content (AvgIpc) is 2.24. The molecule has 0 radical (unpaired) electrons. The van der Waals surface area contributed by atoms with Crippen molar-refractivity contribution in [1.82, 2.24) is 0 Å². The summed E-state index contributed by atoms with van der Waals surface area (Å²) in [4.78, 5) is 12.5. The van der Waals surface area contributed by atoms with Crippen molar-refractivity contribution in [3.8, 4) is 0 Å². The quantitative estimate of drug-likeness (QED) is 0.755. The second-order valence-corrected chi connectivity index (χ2v) is 8.12. The van der Waals surface area contributed by atoms with Gasteiger partial charge in [-0.2, -0.15) is 0 Å². The monoisotopic (exact) mass is 266 g/mol. The number of carbonyl (C=O) groups excluding carboxylic acids is 1. The molecule has 2 fully saturated rings. The number of carbonyl (C=O) groups is 1. The summed E-state index contributed by atoms with van der Waals surface area (Å²) in [7, 11) is 0. The van der Waals surface area contributed by atoms with Crippen molar-refractivity contribution in [2.45, 2.75) is 78.2 Å². The minimum absolute atomic E-state index is 0.103. The number of Topliss-reactive ketones (excluding diaryl/α,β-unsaturated/α-hetero) is 1. The van der Waals surface area contributed by atoms with Crippen LogP contribution in [0.3, 0.4) is 0 Å². The van der Waals surface area contributed by atoms with Crippen LogP contribution in [0, 0.1) is 17.3 Å². The van der Waals surface area contributed by atoms with Crippen molar-refractivity contribution in [2.75, 3.05) is 6.61 Å². The van der Waals surface area contributed by atoms with Crippen LogP contribution in [0.2, 0.25) is 0 Å². The van der Waals surface area contributed by atoms with Crippen LogP contribution in [-0.2, 0) is 9.53 Å². The van der Waals surface area contributed by atoms with Gasteiger partial charge in [-0.05, 0) is 49.9 Å². The molecule has 1 heterocycles. The smallest absolute Gasteiger partial charge is 0.136 e. The molecule has 2 heteroatoms. The highest BCUT2D eigenvalue weighted by atomic mass is 16.5. The van der Waals surface area contributed by atoms with Crippen LogP contribution in [0.1, 0.15) is 72.6 Å². The molecule has 19 heavy (non-hydrogen) atoms. The molecule has 0 aromatic rings. The predicted molar refractivity (Wildman–Crippen MR) is 78.1 cm³/mol. The molecule has 1 saturated heterocycles. The summed E-state index contributed by atoms with van der Waals surface area (Å²) >= 11 is 0. The van der Waals surface area contributed by atoms with Crippen molar-refractivity contribution in [1.29, 1.82) is 0 Å². The largest absolute Gasteiger partial charge is 0.375 e. The first kappa shape index (κ1) is 15.0. The fourth-order valence-corrected chi connectivity index (χ4v) is 3.85. The second-order valence-electron chi connectivity index (χ2n) is 8.12. The van der Waals surface area contributed by atoms with Gasteiger partial charge in [0.1, 0.15) is 5.78 Å². The Balaban J connectivity index is 1.82. The normalized spacial score (nSPS) is 27.9. The maximum absolute atomic E-state index is 12.5. The van der Waals surface area contributed by atoms with Crippen molar-refractivity contribution >= 4 is 5.78 Å². The van der Waals surface area contributed by atoms with E-state index in [1.54, 1.807) is 0 Å². The summed E-state index contributed by atoms with van der Waals surface area (Å²) in [5.74, 6) is 1.27. The molecule has 2 unspecified atom stereocenters. The van der Waals surface area contributed by atoms with Crippen LogP contribution in [0.4, 0.5) is 0 Å². The lowest BCUT2D eigenvalue weighted by atomic mass is 9.70. The van der Waals surface area contributed by atoms with Gasteiger partial charge in [-0.1, -0.05) is 27.7 Å². The number of rotatable bonds is 4. The van der Waals surface area contributed by atoms with Crippen LogP contribution in [0.25, 0.3) is 0 Å². The van der Waals surface area contributed by atoms with E-state index in [-0.39, 0.29) is 11.5 Å². The van der Waals surface area contributed by atoms with Gasteiger partial charge in [-0.3, -0.25) is 4.79 Å². The molecule has 2 atom stereocenters. The average molecular weight is 266 g/mol. The zero-order valence-corrected chi connectivity index (χ0v) is 13.1. The van der Waals surface area contributed by atoms with Crippen LogP contribution in [0.15, 0.2) is 0 Å². The summed E-state index contributed by atoms with van der Waals surface area (Å²) < 4.78 is 5.92. The molecule has 110 valence electrons. The zero-order chi connectivity index (χ0) is 14.1. The van der Waals surface area contributed by atoms with Crippen molar-refractivity contribution in [3.63, 3.8) is 0 Å². The molecule has 2 aliphatic rings. The fourth-order valence-electron chi connectivity index (χ4n) is 3.85. The number of ether oxygens (including phenoxy) is 1. The minimum atomic E-state index is 0.103. The highest BCUT2D eigenvalue weighted by Crippen LogP contribution is 2.44. The lowest BCUT2D eigenvalue weighted by molar-refractivity contribution is -0.156. The van der Waals surface area contributed by atoms with Crippen molar-refractivity contribution in [2.24, 2.45) is 17.3 Å². The molecule has 1 saturated carbocycles. The Morgan fingerprint density at radius 1 is 1.37 bits per heavy atom. The van der Waals surface area contributed by atoms with Crippen LogP contribution >= 0.6 is 0 Å². The summed E-state index contributed by atoms with van der Waals surface area (Å²) in [6.07, 6.45) is 7.46. The van der Waals surface area contributed by atoms with Crippen LogP contribution in [-0.4, -0.2) is 18.0 Å². The van der Waals surface area contributed by atoms with E-state index in [1.165, 1.54) is 19.3 Å². The Hall–Kier alpha value is -0.370. The molecular weight excluding hydrogens is 236 g/mol. The highest BCUT2D eigenvalue weighted by molar-refractivity contribution is 5.81. The Labute approximate surface area is 118 Å². The zero-order valence-electron chi connectivity index (χ0n) is 13.1. The predicted octanol–water partition coefficient (Wildman–Crippen LogP) is 4.37. The molecular formula is C17H30O2. The van der Waals surface area contributed by atoms with Gasteiger partial charge in [0.25, 0.3) is 0 Å². The molecule has 1 aliphatic carbocycles. The Morgan fingerprint density at radius 2 is 2.05 bits per heavy atom. The Morgan fingerprint density at radius 3 is 2.58 bits per heavy atom. The van der Waals surface area contributed by atoms with E-state index in [9.17, 15) is 4.79 Å². The molecule has 2 rings (SSSR count). The van der Waals surface area contributed by atoms with Gasteiger partial charge >= 0.3 is 0 Å². The molecule has 0 amide bonds. The fraction of sp³-hybridized carbons (Fsp3) is 0.941.